The van der Waals surface area contributed by atoms with Crippen LogP contribution < -0.4 is 10.1 Å². The summed E-state index contributed by atoms with van der Waals surface area (Å²) in [5.74, 6) is 0.937. The van der Waals surface area contributed by atoms with E-state index in [1.54, 1.807) is 0 Å². The Morgan fingerprint density at radius 2 is 1.81 bits per heavy atom. The van der Waals surface area contributed by atoms with Crippen LogP contribution in [0.15, 0.2) is 35.7 Å². The monoisotopic (exact) mass is 303 g/mol. The fraction of sp³-hybridized carbons (Fsp3) is 0.444. The van der Waals surface area contributed by atoms with Gasteiger partial charge in [0.2, 0.25) is 0 Å². The van der Waals surface area contributed by atoms with E-state index in [4.69, 9.17) is 4.74 Å². The zero-order valence-corrected chi connectivity index (χ0v) is 14.2. The molecule has 0 saturated heterocycles. The lowest BCUT2D eigenvalue weighted by Crippen LogP contribution is -2.18. The quantitative estimate of drug-likeness (QED) is 0.781. The maximum absolute atomic E-state index is 5.68. The Morgan fingerprint density at radius 1 is 1.10 bits per heavy atom. The number of thiophene rings is 1. The average Bonchev–Trinajstić information content (AvgIpc) is 2.92. The molecule has 0 bridgehead atoms. The van der Waals surface area contributed by atoms with Gasteiger partial charge in [-0.05, 0) is 61.9 Å². The van der Waals surface area contributed by atoms with E-state index in [2.05, 4.69) is 54.9 Å². The summed E-state index contributed by atoms with van der Waals surface area (Å²) in [6.45, 7) is 9.45. The third kappa shape index (κ3) is 4.58. The zero-order chi connectivity index (χ0) is 15.2. The van der Waals surface area contributed by atoms with Gasteiger partial charge in [0.05, 0.1) is 6.10 Å². The molecule has 1 atom stereocenters. The molecule has 0 fully saturated rings. The lowest BCUT2D eigenvalue weighted by atomic mass is 10.1. The van der Waals surface area contributed by atoms with Crippen LogP contribution in [0, 0.1) is 0 Å². The van der Waals surface area contributed by atoms with Crippen molar-refractivity contribution in [1.29, 1.82) is 0 Å². The molecule has 0 radical (unpaired) electrons. The first-order valence-corrected chi connectivity index (χ1v) is 8.53. The van der Waals surface area contributed by atoms with Gasteiger partial charge in [-0.1, -0.05) is 19.1 Å². The Bertz CT molecular complexity index is 545. The minimum Gasteiger partial charge on any atom is -0.491 e. The van der Waals surface area contributed by atoms with Crippen molar-refractivity contribution in [1.82, 2.24) is 5.32 Å². The van der Waals surface area contributed by atoms with E-state index in [1.165, 1.54) is 16.0 Å². The van der Waals surface area contributed by atoms with Crippen molar-refractivity contribution in [3.05, 3.63) is 51.7 Å². The van der Waals surface area contributed by atoms with Crippen molar-refractivity contribution < 1.29 is 4.74 Å². The van der Waals surface area contributed by atoms with E-state index in [1.807, 2.05) is 25.2 Å². The standard InChI is InChI=1S/C18H25NOS/c1-5-15-10-11-21-18(15)12-19-14(4)16-6-8-17(9-7-16)20-13(2)3/h6-11,13-14,19H,5,12H2,1-4H3. The first kappa shape index (κ1) is 16.1. The van der Waals surface area contributed by atoms with Crippen molar-refractivity contribution in [3.8, 4) is 5.75 Å². The topological polar surface area (TPSA) is 21.3 Å². The molecule has 2 rings (SSSR count). The van der Waals surface area contributed by atoms with Crippen LogP contribution in [0.25, 0.3) is 0 Å². The second-order valence-electron chi connectivity index (χ2n) is 5.56. The molecule has 0 saturated carbocycles. The van der Waals surface area contributed by atoms with Crippen molar-refractivity contribution in [2.75, 3.05) is 0 Å². The molecule has 2 nitrogen and oxygen atoms in total. The first-order chi connectivity index (χ1) is 10.1. The Kier molecular flexibility index (Phi) is 5.83. The van der Waals surface area contributed by atoms with Crippen LogP contribution >= 0.6 is 11.3 Å². The number of nitrogens with one attached hydrogen (secondary N) is 1. The Labute approximate surface area is 132 Å². The van der Waals surface area contributed by atoms with Crippen molar-refractivity contribution in [2.45, 2.75) is 52.8 Å². The highest BCUT2D eigenvalue weighted by atomic mass is 32.1. The molecule has 1 heterocycles. The predicted molar refractivity (Wildman–Crippen MR) is 91.2 cm³/mol. The van der Waals surface area contributed by atoms with Gasteiger partial charge in [0, 0.05) is 17.5 Å². The SMILES string of the molecule is CCc1ccsc1CNC(C)c1ccc(OC(C)C)cc1. The summed E-state index contributed by atoms with van der Waals surface area (Å²) in [5, 5.41) is 5.78. The van der Waals surface area contributed by atoms with E-state index in [0.29, 0.717) is 6.04 Å². The van der Waals surface area contributed by atoms with E-state index in [0.717, 1.165) is 18.7 Å². The minimum absolute atomic E-state index is 0.220. The predicted octanol–water partition coefficient (Wildman–Crippen LogP) is 4.95. The van der Waals surface area contributed by atoms with Gasteiger partial charge in [0.25, 0.3) is 0 Å². The third-order valence-corrected chi connectivity index (χ3v) is 4.50. The van der Waals surface area contributed by atoms with E-state index in [-0.39, 0.29) is 6.10 Å². The summed E-state index contributed by atoms with van der Waals surface area (Å²) in [7, 11) is 0. The normalized spacial score (nSPS) is 12.6. The molecule has 1 aromatic heterocycles. The van der Waals surface area contributed by atoms with Gasteiger partial charge in [-0.3, -0.25) is 0 Å². The van der Waals surface area contributed by atoms with Crippen molar-refractivity contribution >= 4 is 11.3 Å². The molecule has 1 unspecified atom stereocenters. The molecular weight excluding hydrogens is 278 g/mol. The number of benzene rings is 1. The van der Waals surface area contributed by atoms with E-state index < -0.39 is 0 Å². The number of hydrogen-bond donors (Lipinski definition) is 1. The number of ether oxygens (including phenoxy) is 1. The van der Waals surface area contributed by atoms with Gasteiger partial charge >= 0.3 is 0 Å². The highest BCUT2D eigenvalue weighted by Gasteiger charge is 2.08. The first-order valence-electron chi connectivity index (χ1n) is 7.65. The van der Waals surface area contributed by atoms with Crippen LogP contribution in [0.4, 0.5) is 0 Å². The van der Waals surface area contributed by atoms with Crippen LogP contribution in [-0.4, -0.2) is 6.10 Å². The maximum atomic E-state index is 5.68. The molecule has 114 valence electrons. The summed E-state index contributed by atoms with van der Waals surface area (Å²) in [6.07, 6.45) is 1.33. The van der Waals surface area contributed by atoms with Crippen LogP contribution in [-0.2, 0) is 13.0 Å². The smallest absolute Gasteiger partial charge is 0.119 e. The second kappa shape index (κ2) is 7.62. The number of rotatable bonds is 7. The molecule has 0 aliphatic rings. The maximum Gasteiger partial charge on any atom is 0.119 e. The van der Waals surface area contributed by atoms with Crippen LogP contribution in [0.2, 0.25) is 0 Å². The molecule has 0 amide bonds. The van der Waals surface area contributed by atoms with Crippen LogP contribution in [0.3, 0.4) is 0 Å². The molecule has 1 N–H and O–H groups in total. The van der Waals surface area contributed by atoms with Gasteiger partial charge in [0.15, 0.2) is 0 Å². The Morgan fingerprint density at radius 3 is 2.43 bits per heavy atom. The lowest BCUT2D eigenvalue weighted by Gasteiger charge is -2.16. The van der Waals surface area contributed by atoms with Gasteiger partial charge < -0.3 is 10.1 Å². The fourth-order valence-corrected chi connectivity index (χ4v) is 3.24. The third-order valence-electron chi connectivity index (χ3n) is 3.54. The second-order valence-corrected chi connectivity index (χ2v) is 6.56. The molecule has 0 aliphatic heterocycles. The summed E-state index contributed by atoms with van der Waals surface area (Å²) in [6, 6.07) is 11.0. The van der Waals surface area contributed by atoms with Gasteiger partial charge in [-0.15, -0.1) is 11.3 Å². The van der Waals surface area contributed by atoms with E-state index in [9.17, 15) is 0 Å². The summed E-state index contributed by atoms with van der Waals surface area (Å²) in [4.78, 5) is 1.45. The van der Waals surface area contributed by atoms with Crippen LogP contribution in [0.5, 0.6) is 5.75 Å². The van der Waals surface area contributed by atoms with Crippen molar-refractivity contribution in [2.24, 2.45) is 0 Å². The summed E-state index contributed by atoms with van der Waals surface area (Å²) < 4.78 is 5.68. The number of hydrogen-bond acceptors (Lipinski definition) is 3. The largest absolute Gasteiger partial charge is 0.491 e. The van der Waals surface area contributed by atoms with Crippen LogP contribution in [0.1, 0.15) is 49.7 Å². The van der Waals surface area contributed by atoms with Gasteiger partial charge in [-0.25, -0.2) is 0 Å². The highest BCUT2D eigenvalue weighted by Crippen LogP contribution is 2.21. The van der Waals surface area contributed by atoms with Crippen molar-refractivity contribution in [3.63, 3.8) is 0 Å². The van der Waals surface area contributed by atoms with Gasteiger partial charge in [0.1, 0.15) is 5.75 Å². The Balaban J connectivity index is 1.92. The summed E-state index contributed by atoms with van der Waals surface area (Å²) >= 11 is 1.84. The lowest BCUT2D eigenvalue weighted by molar-refractivity contribution is 0.242. The molecule has 3 heteroatoms. The Hall–Kier alpha value is -1.32. The molecule has 1 aromatic carbocycles. The average molecular weight is 303 g/mol. The van der Waals surface area contributed by atoms with Gasteiger partial charge in [-0.2, -0.15) is 0 Å². The molecule has 2 aromatic rings. The molecule has 21 heavy (non-hydrogen) atoms. The fourth-order valence-electron chi connectivity index (χ4n) is 2.31. The van der Waals surface area contributed by atoms with E-state index >= 15 is 0 Å². The zero-order valence-electron chi connectivity index (χ0n) is 13.3. The number of aryl methyl sites for hydroxylation is 1. The molecular formula is C18H25NOS. The highest BCUT2D eigenvalue weighted by molar-refractivity contribution is 7.10. The molecule has 0 aliphatic carbocycles. The molecule has 0 spiro atoms. The minimum atomic E-state index is 0.220. The summed E-state index contributed by atoms with van der Waals surface area (Å²) in [5.41, 5.74) is 2.75.